The molecular weight excluding hydrogens is 465 g/mol. The van der Waals surface area contributed by atoms with Crippen molar-refractivity contribution >= 4 is 56.4 Å². The summed E-state index contributed by atoms with van der Waals surface area (Å²) in [6.07, 6.45) is 0.383. The summed E-state index contributed by atoms with van der Waals surface area (Å²) in [4.78, 5) is 50.5. The number of halogens is 3. The number of piperidine rings is 1. The van der Waals surface area contributed by atoms with Crippen molar-refractivity contribution in [2.75, 3.05) is 0 Å². The Morgan fingerprint density at radius 1 is 1.18 bits per heavy atom. The number of nitrogens with zero attached hydrogens (tertiary/aromatic N) is 1. The number of carbonyl (C=O) groups is 4. The average Bonchev–Trinajstić information content (AvgIpc) is 3.11. The van der Waals surface area contributed by atoms with Crippen molar-refractivity contribution in [3.8, 4) is 0 Å². The summed E-state index contributed by atoms with van der Waals surface area (Å²) in [7, 11) is 3.33. The van der Waals surface area contributed by atoms with E-state index in [1.807, 2.05) is 0 Å². The van der Waals surface area contributed by atoms with Gasteiger partial charge in [-0.3, -0.25) is 24.5 Å². The monoisotopic (exact) mass is 485 g/mol. The fraction of sp³-hybridized carbons (Fsp3) is 0.273. The maximum Gasteiger partial charge on any atom is 0.349 e. The summed E-state index contributed by atoms with van der Waals surface area (Å²) in [6.45, 7) is 0.154. The number of alkyl halides is 2. The summed E-state index contributed by atoms with van der Waals surface area (Å²) >= 11 is 5.74. The molecule has 2 aromatic rings. The fourth-order valence-corrected chi connectivity index (χ4v) is 4.56. The number of hydrogen-bond acceptors (Lipinski definition) is 4. The standard InChI is InChI=1S/C22H20B2ClF2N3O4/c23-17-13(18(24)29-21(34)22(26,27)10-1-3-11(25)4-2-10)6-5-12-14(17)9-30(20(12)33)15-7-8-16(31)28-19(15)32/h1-6,15,18H,7-9,23-24H2,(H,29,34)(H,28,31,32). The molecule has 2 atom stereocenters. The molecule has 2 heterocycles. The van der Waals surface area contributed by atoms with Crippen molar-refractivity contribution in [2.45, 2.75) is 37.3 Å². The second-order valence-electron chi connectivity index (χ2n) is 8.48. The first-order valence-electron chi connectivity index (χ1n) is 10.7. The second kappa shape index (κ2) is 8.87. The highest BCUT2D eigenvalue weighted by atomic mass is 35.5. The first-order chi connectivity index (χ1) is 16.0. The van der Waals surface area contributed by atoms with Crippen molar-refractivity contribution in [2.24, 2.45) is 0 Å². The minimum atomic E-state index is -3.76. The lowest BCUT2D eigenvalue weighted by atomic mass is 9.76. The van der Waals surface area contributed by atoms with E-state index in [1.54, 1.807) is 27.8 Å². The quantitative estimate of drug-likeness (QED) is 0.457. The van der Waals surface area contributed by atoms with Gasteiger partial charge in [-0.1, -0.05) is 35.3 Å². The first-order valence-corrected chi connectivity index (χ1v) is 11.1. The third-order valence-corrected chi connectivity index (χ3v) is 6.60. The molecule has 4 amide bonds. The van der Waals surface area contributed by atoms with E-state index in [0.717, 1.165) is 12.1 Å². The molecule has 12 heteroatoms. The van der Waals surface area contributed by atoms with Crippen LogP contribution < -0.4 is 16.1 Å². The molecular formula is C22H20B2ClF2N3O4. The van der Waals surface area contributed by atoms with E-state index in [-0.39, 0.29) is 36.2 Å². The summed E-state index contributed by atoms with van der Waals surface area (Å²) < 4.78 is 29.4. The molecule has 2 aliphatic heterocycles. The van der Waals surface area contributed by atoms with Crippen LogP contribution in [0.1, 0.15) is 45.8 Å². The number of carbonyl (C=O) groups excluding carboxylic acids is 4. The molecule has 2 aromatic carbocycles. The second-order valence-corrected chi connectivity index (χ2v) is 8.92. The number of benzene rings is 2. The lowest BCUT2D eigenvalue weighted by Gasteiger charge is -2.29. The number of fused-ring (bicyclic) bond motifs is 1. The van der Waals surface area contributed by atoms with Crippen molar-refractivity contribution in [1.82, 2.24) is 15.5 Å². The van der Waals surface area contributed by atoms with Crippen LogP contribution in [0.5, 0.6) is 0 Å². The molecule has 0 aromatic heterocycles. The summed E-state index contributed by atoms with van der Waals surface area (Å²) in [5, 5.41) is 4.89. The number of hydrogen-bond donors (Lipinski definition) is 2. The van der Waals surface area contributed by atoms with Crippen LogP contribution in [0.25, 0.3) is 0 Å². The summed E-state index contributed by atoms with van der Waals surface area (Å²) in [5.41, 5.74) is 1.85. The Balaban J connectivity index is 1.53. The van der Waals surface area contributed by atoms with Gasteiger partial charge in [-0.25, -0.2) is 0 Å². The molecule has 0 spiro atoms. The smallest absolute Gasteiger partial charge is 0.349 e. The van der Waals surface area contributed by atoms with Crippen LogP contribution in [0.4, 0.5) is 8.78 Å². The highest BCUT2D eigenvalue weighted by Crippen LogP contribution is 2.31. The Morgan fingerprint density at radius 3 is 2.50 bits per heavy atom. The van der Waals surface area contributed by atoms with Crippen molar-refractivity contribution < 1.29 is 28.0 Å². The van der Waals surface area contributed by atoms with Crippen molar-refractivity contribution in [3.05, 3.63) is 63.7 Å². The van der Waals surface area contributed by atoms with Crippen LogP contribution >= 0.6 is 11.6 Å². The molecule has 7 nitrogen and oxygen atoms in total. The van der Waals surface area contributed by atoms with Gasteiger partial charge in [0.15, 0.2) is 0 Å². The van der Waals surface area contributed by atoms with Crippen molar-refractivity contribution in [3.63, 3.8) is 0 Å². The zero-order valence-corrected chi connectivity index (χ0v) is 19.2. The average molecular weight is 485 g/mol. The molecule has 1 fully saturated rings. The van der Waals surface area contributed by atoms with E-state index in [2.05, 4.69) is 10.6 Å². The van der Waals surface area contributed by atoms with Gasteiger partial charge in [0, 0.05) is 35.1 Å². The normalized spacial score (nSPS) is 19.0. The van der Waals surface area contributed by atoms with E-state index < -0.39 is 35.3 Å². The number of amides is 4. The predicted octanol–water partition coefficient (Wildman–Crippen LogP) is -0.101. The third kappa shape index (κ3) is 4.20. The largest absolute Gasteiger partial charge is 0.352 e. The van der Waals surface area contributed by atoms with Gasteiger partial charge in [-0.2, -0.15) is 8.78 Å². The summed E-state index contributed by atoms with van der Waals surface area (Å²) in [5.74, 6) is -7.20. The first kappa shape index (κ1) is 23.9. The van der Waals surface area contributed by atoms with Crippen molar-refractivity contribution in [1.29, 1.82) is 0 Å². The van der Waals surface area contributed by atoms with Gasteiger partial charge in [0.05, 0.1) is 0 Å². The van der Waals surface area contributed by atoms with E-state index in [4.69, 9.17) is 11.6 Å². The van der Waals surface area contributed by atoms with E-state index >= 15 is 0 Å². The van der Waals surface area contributed by atoms with Gasteiger partial charge in [-0.15, -0.1) is 0 Å². The molecule has 0 bridgehead atoms. The fourth-order valence-electron chi connectivity index (χ4n) is 4.43. The number of nitrogens with one attached hydrogen (secondary N) is 2. The minimum absolute atomic E-state index is 0.145. The van der Waals surface area contributed by atoms with Crippen LogP contribution in [0.2, 0.25) is 5.02 Å². The maximum absolute atomic E-state index is 14.7. The minimum Gasteiger partial charge on any atom is -0.352 e. The molecule has 2 unspecified atom stereocenters. The van der Waals surface area contributed by atoms with E-state index in [0.29, 0.717) is 22.2 Å². The van der Waals surface area contributed by atoms with Crippen LogP contribution in [0.3, 0.4) is 0 Å². The van der Waals surface area contributed by atoms with Crippen LogP contribution in [-0.4, -0.2) is 50.3 Å². The van der Waals surface area contributed by atoms with Crippen LogP contribution in [0, 0.1) is 0 Å². The topological polar surface area (TPSA) is 95.6 Å². The highest BCUT2D eigenvalue weighted by molar-refractivity contribution is 6.36. The molecule has 0 aliphatic carbocycles. The predicted molar refractivity (Wildman–Crippen MR) is 125 cm³/mol. The third-order valence-electron chi connectivity index (χ3n) is 6.35. The Labute approximate surface area is 201 Å². The maximum atomic E-state index is 14.7. The van der Waals surface area contributed by atoms with Gasteiger partial charge in [0.2, 0.25) is 11.8 Å². The van der Waals surface area contributed by atoms with Gasteiger partial charge in [0.1, 0.15) is 21.7 Å². The molecule has 0 radical (unpaired) electrons. The Morgan fingerprint density at radius 2 is 1.85 bits per heavy atom. The van der Waals surface area contributed by atoms with Gasteiger partial charge < -0.3 is 10.2 Å². The molecule has 0 saturated carbocycles. The number of imide groups is 1. The molecule has 2 aliphatic rings. The molecule has 174 valence electrons. The number of rotatable bonds is 5. The molecule has 34 heavy (non-hydrogen) atoms. The van der Waals surface area contributed by atoms with Crippen LogP contribution in [-0.2, 0) is 26.9 Å². The lowest BCUT2D eigenvalue weighted by Crippen LogP contribution is -2.52. The van der Waals surface area contributed by atoms with E-state index in [9.17, 15) is 28.0 Å². The highest BCUT2D eigenvalue weighted by Gasteiger charge is 2.42. The van der Waals surface area contributed by atoms with Gasteiger partial charge >= 0.3 is 5.92 Å². The van der Waals surface area contributed by atoms with Gasteiger partial charge in [-0.05, 0) is 35.7 Å². The van der Waals surface area contributed by atoms with E-state index in [1.165, 1.54) is 17.0 Å². The Kier molecular flexibility index (Phi) is 6.24. The SMILES string of the molecule is Bc1c(C(B)NC(=O)C(F)(F)c2ccc(Cl)cc2)ccc2c1CN(C1CCC(=O)NC1=O)C2=O. The summed E-state index contributed by atoms with van der Waals surface area (Å²) in [6, 6.07) is 7.22. The molecule has 4 rings (SSSR count). The van der Waals surface area contributed by atoms with Gasteiger partial charge in [0.25, 0.3) is 11.8 Å². The lowest BCUT2D eigenvalue weighted by molar-refractivity contribution is -0.147. The molecule has 1 saturated heterocycles. The van der Waals surface area contributed by atoms with Crippen LogP contribution in [0.15, 0.2) is 36.4 Å². The molecule has 2 N–H and O–H groups in total. The zero-order chi connectivity index (χ0) is 24.8. The zero-order valence-electron chi connectivity index (χ0n) is 18.5. The Bertz CT molecular complexity index is 1210. The Hall–Kier alpha value is -3.20.